The van der Waals surface area contributed by atoms with Gasteiger partial charge in [0.15, 0.2) is 6.29 Å². The van der Waals surface area contributed by atoms with Crippen molar-refractivity contribution in [3.8, 4) is 0 Å². The van der Waals surface area contributed by atoms with Crippen LogP contribution in [0.25, 0.3) is 10.9 Å². The van der Waals surface area contributed by atoms with Crippen molar-refractivity contribution in [2.24, 2.45) is 0 Å². The Bertz CT molecular complexity index is 559. The minimum Gasteiger partial charge on any atom is -0.477 e. The van der Waals surface area contributed by atoms with E-state index in [2.05, 4.69) is 20.9 Å². The molecule has 0 spiro atoms. The highest BCUT2D eigenvalue weighted by Gasteiger charge is 2.16. The number of aromatic amines is 1. The van der Waals surface area contributed by atoms with Crippen LogP contribution in [0.1, 0.15) is 20.8 Å². The second kappa shape index (κ2) is 3.51. The Balaban J connectivity index is 2.84. The van der Waals surface area contributed by atoms with Gasteiger partial charge in [-0.3, -0.25) is 4.79 Å². The van der Waals surface area contributed by atoms with Crippen molar-refractivity contribution < 1.29 is 14.7 Å². The van der Waals surface area contributed by atoms with Gasteiger partial charge >= 0.3 is 5.97 Å². The van der Waals surface area contributed by atoms with Crippen LogP contribution in [-0.2, 0) is 0 Å². The van der Waals surface area contributed by atoms with Crippen LogP contribution in [-0.4, -0.2) is 22.3 Å². The van der Waals surface area contributed by atoms with E-state index >= 15 is 0 Å². The van der Waals surface area contributed by atoms with Crippen LogP contribution in [0.15, 0.2) is 22.7 Å². The van der Waals surface area contributed by atoms with Gasteiger partial charge in [-0.15, -0.1) is 0 Å². The molecule has 1 aromatic carbocycles. The van der Waals surface area contributed by atoms with E-state index in [1.165, 1.54) is 0 Å². The molecule has 2 rings (SSSR count). The van der Waals surface area contributed by atoms with Crippen molar-refractivity contribution in [1.29, 1.82) is 0 Å². The summed E-state index contributed by atoms with van der Waals surface area (Å²) in [6.45, 7) is 0. The van der Waals surface area contributed by atoms with Gasteiger partial charge in [0.25, 0.3) is 0 Å². The van der Waals surface area contributed by atoms with Crippen molar-refractivity contribution in [2.45, 2.75) is 0 Å². The lowest BCUT2D eigenvalue weighted by Gasteiger charge is -1.91. The van der Waals surface area contributed by atoms with Crippen LogP contribution < -0.4 is 0 Å². The fourth-order valence-corrected chi connectivity index (χ4v) is 1.84. The molecule has 4 nitrogen and oxygen atoms in total. The topological polar surface area (TPSA) is 70.2 Å². The summed E-state index contributed by atoms with van der Waals surface area (Å²) in [7, 11) is 0. The third-order valence-electron chi connectivity index (χ3n) is 2.13. The van der Waals surface area contributed by atoms with E-state index in [0.717, 1.165) is 4.47 Å². The average Bonchev–Trinajstić information content (AvgIpc) is 2.55. The first-order chi connectivity index (χ1) is 7.13. The highest BCUT2D eigenvalue weighted by molar-refractivity contribution is 9.10. The molecule has 1 aromatic heterocycles. The Morgan fingerprint density at radius 2 is 2.20 bits per heavy atom. The van der Waals surface area contributed by atoms with E-state index < -0.39 is 5.97 Å². The fraction of sp³-hybridized carbons (Fsp3) is 0. The number of H-pyrrole nitrogens is 1. The fourth-order valence-electron chi connectivity index (χ4n) is 1.48. The molecule has 0 aliphatic carbocycles. The number of aromatic carboxylic acids is 1. The van der Waals surface area contributed by atoms with Gasteiger partial charge in [-0.2, -0.15) is 0 Å². The molecule has 0 bridgehead atoms. The Morgan fingerprint density at radius 3 is 2.80 bits per heavy atom. The molecule has 2 N–H and O–H groups in total. The highest BCUT2D eigenvalue weighted by atomic mass is 79.9. The van der Waals surface area contributed by atoms with Crippen molar-refractivity contribution in [3.05, 3.63) is 33.9 Å². The zero-order chi connectivity index (χ0) is 11.0. The molecule has 0 aliphatic rings. The summed E-state index contributed by atoms with van der Waals surface area (Å²) in [5, 5.41) is 9.48. The molecule has 0 saturated heterocycles. The Hall–Kier alpha value is -1.62. The molecule has 1 heterocycles. The van der Waals surface area contributed by atoms with Crippen LogP contribution in [0.4, 0.5) is 0 Å². The first kappa shape index (κ1) is 9.92. The van der Waals surface area contributed by atoms with Crippen molar-refractivity contribution in [3.63, 3.8) is 0 Å². The molecule has 0 atom stereocenters. The number of aldehydes is 1. The summed E-state index contributed by atoms with van der Waals surface area (Å²) < 4.78 is 0.825. The molecular formula is C10H6BrNO3. The lowest BCUT2D eigenvalue weighted by Crippen LogP contribution is -2.00. The SMILES string of the molecule is O=Cc1c(C(=O)O)[nH]c2cc(Br)ccc12. The predicted octanol–water partition coefficient (Wildman–Crippen LogP) is 2.44. The monoisotopic (exact) mass is 267 g/mol. The zero-order valence-electron chi connectivity index (χ0n) is 7.45. The summed E-state index contributed by atoms with van der Waals surface area (Å²) in [6, 6.07) is 5.19. The number of hydrogen-bond acceptors (Lipinski definition) is 2. The first-order valence-corrected chi connectivity index (χ1v) is 4.92. The van der Waals surface area contributed by atoms with Gasteiger partial charge in [0.2, 0.25) is 0 Å². The van der Waals surface area contributed by atoms with Crippen LogP contribution in [0.2, 0.25) is 0 Å². The molecule has 0 saturated carbocycles. The maximum Gasteiger partial charge on any atom is 0.353 e. The van der Waals surface area contributed by atoms with E-state index in [9.17, 15) is 9.59 Å². The average molecular weight is 268 g/mol. The number of carboxylic acids is 1. The van der Waals surface area contributed by atoms with E-state index in [1.807, 2.05) is 0 Å². The summed E-state index contributed by atoms with van der Waals surface area (Å²) in [5.74, 6) is -1.13. The number of fused-ring (bicyclic) bond motifs is 1. The first-order valence-electron chi connectivity index (χ1n) is 4.13. The number of carboxylic acid groups (broad SMARTS) is 1. The third-order valence-corrected chi connectivity index (χ3v) is 2.63. The maximum atomic E-state index is 10.8. The molecule has 0 unspecified atom stereocenters. The summed E-state index contributed by atoms with van der Waals surface area (Å²) >= 11 is 3.27. The number of benzene rings is 1. The van der Waals surface area contributed by atoms with Crippen LogP contribution in [0, 0.1) is 0 Å². The number of rotatable bonds is 2. The lowest BCUT2D eigenvalue weighted by atomic mass is 10.1. The number of carbonyl (C=O) groups is 2. The largest absolute Gasteiger partial charge is 0.477 e. The molecule has 2 aromatic rings. The lowest BCUT2D eigenvalue weighted by molar-refractivity contribution is 0.0688. The maximum absolute atomic E-state index is 10.8. The third kappa shape index (κ3) is 1.55. The molecule has 0 aliphatic heterocycles. The number of hydrogen-bond donors (Lipinski definition) is 2. The van der Waals surface area contributed by atoms with Gasteiger partial charge in [0, 0.05) is 15.4 Å². The van der Waals surface area contributed by atoms with Crippen LogP contribution in [0.3, 0.4) is 0 Å². The molecule has 76 valence electrons. The standard InChI is InChI=1S/C10H6BrNO3/c11-5-1-2-6-7(4-13)9(10(14)15)12-8(6)3-5/h1-4,12H,(H,14,15). The van der Waals surface area contributed by atoms with Gasteiger partial charge in [-0.25, -0.2) is 4.79 Å². The molecule has 5 heteroatoms. The Labute approximate surface area is 93.0 Å². The molecule has 0 fully saturated rings. The Morgan fingerprint density at radius 1 is 1.47 bits per heavy atom. The number of nitrogens with one attached hydrogen (secondary N) is 1. The smallest absolute Gasteiger partial charge is 0.353 e. The summed E-state index contributed by atoms with van der Waals surface area (Å²) in [4.78, 5) is 24.3. The van der Waals surface area contributed by atoms with Gasteiger partial charge in [0.05, 0.1) is 5.56 Å². The van der Waals surface area contributed by atoms with E-state index in [4.69, 9.17) is 5.11 Å². The van der Waals surface area contributed by atoms with Gasteiger partial charge in [0.1, 0.15) is 5.69 Å². The summed E-state index contributed by atoms with van der Waals surface area (Å²) in [6.07, 6.45) is 0.552. The zero-order valence-corrected chi connectivity index (χ0v) is 9.04. The normalized spacial score (nSPS) is 10.5. The molecule has 0 amide bonds. The Kier molecular flexibility index (Phi) is 2.32. The van der Waals surface area contributed by atoms with Gasteiger partial charge < -0.3 is 10.1 Å². The van der Waals surface area contributed by atoms with Crippen molar-refractivity contribution in [2.75, 3.05) is 0 Å². The quantitative estimate of drug-likeness (QED) is 0.822. The van der Waals surface area contributed by atoms with Crippen LogP contribution in [0.5, 0.6) is 0 Å². The number of aromatic nitrogens is 1. The molecular weight excluding hydrogens is 262 g/mol. The number of carbonyl (C=O) groups excluding carboxylic acids is 1. The minimum absolute atomic E-state index is 0.0712. The van der Waals surface area contributed by atoms with Gasteiger partial charge in [-0.1, -0.05) is 22.0 Å². The van der Waals surface area contributed by atoms with E-state index in [1.54, 1.807) is 18.2 Å². The predicted molar refractivity (Wildman–Crippen MR) is 58.3 cm³/mol. The van der Waals surface area contributed by atoms with Gasteiger partial charge in [-0.05, 0) is 12.1 Å². The second-order valence-corrected chi connectivity index (χ2v) is 3.94. The van der Waals surface area contributed by atoms with Crippen LogP contribution >= 0.6 is 15.9 Å². The minimum atomic E-state index is -1.13. The summed E-state index contributed by atoms with van der Waals surface area (Å²) in [5.41, 5.74) is 0.743. The second-order valence-electron chi connectivity index (χ2n) is 3.03. The highest BCUT2D eigenvalue weighted by Crippen LogP contribution is 2.24. The van der Waals surface area contributed by atoms with E-state index in [-0.39, 0.29) is 11.3 Å². The van der Waals surface area contributed by atoms with Crippen molar-refractivity contribution >= 4 is 39.1 Å². The van der Waals surface area contributed by atoms with E-state index in [0.29, 0.717) is 17.2 Å². The number of halogens is 1. The van der Waals surface area contributed by atoms with Crippen molar-refractivity contribution in [1.82, 2.24) is 4.98 Å². The molecule has 0 radical (unpaired) electrons. The molecule has 15 heavy (non-hydrogen) atoms.